The van der Waals surface area contributed by atoms with E-state index in [1.165, 1.54) is 0 Å². The monoisotopic (exact) mass is 508 g/mol. The molecule has 3 heterocycles. The number of hydrogen-bond acceptors (Lipinski definition) is 7. The molecule has 3 aliphatic heterocycles. The van der Waals surface area contributed by atoms with Crippen LogP contribution in [0.15, 0.2) is 37.1 Å². The van der Waals surface area contributed by atoms with Crippen molar-refractivity contribution < 1.29 is 34.3 Å². The predicted molar refractivity (Wildman–Crippen MR) is 139 cm³/mol. The van der Waals surface area contributed by atoms with Crippen molar-refractivity contribution in [2.75, 3.05) is 13.2 Å². The van der Waals surface area contributed by atoms with E-state index < -0.39 is 29.5 Å². The van der Waals surface area contributed by atoms with Crippen LogP contribution in [0.2, 0.25) is 0 Å². The molecule has 36 heavy (non-hydrogen) atoms. The van der Waals surface area contributed by atoms with Gasteiger partial charge in [-0.1, -0.05) is 32.6 Å². The summed E-state index contributed by atoms with van der Waals surface area (Å²) in [5.41, 5.74) is -1.59. The van der Waals surface area contributed by atoms with E-state index in [1.54, 1.807) is 6.08 Å². The Morgan fingerprint density at radius 2 is 1.78 bits per heavy atom. The Morgan fingerprint density at radius 1 is 1.06 bits per heavy atom. The Balaban J connectivity index is 1.78. The van der Waals surface area contributed by atoms with E-state index in [-0.39, 0.29) is 24.9 Å². The number of fused-ring (bicyclic) bond motifs is 4. The van der Waals surface area contributed by atoms with E-state index in [9.17, 15) is 15.3 Å². The van der Waals surface area contributed by atoms with Crippen molar-refractivity contribution in [2.24, 2.45) is 5.41 Å². The Hall–Kier alpha value is -1.22. The van der Waals surface area contributed by atoms with Gasteiger partial charge in [0.15, 0.2) is 6.29 Å². The van der Waals surface area contributed by atoms with Crippen molar-refractivity contribution in [1.29, 1.82) is 0 Å². The number of rotatable bonds is 3. The molecule has 0 saturated carbocycles. The first kappa shape index (κ1) is 29.3. The van der Waals surface area contributed by atoms with Gasteiger partial charge in [0.25, 0.3) is 0 Å². The van der Waals surface area contributed by atoms with Crippen LogP contribution >= 0.6 is 0 Å². The van der Waals surface area contributed by atoms with E-state index in [1.807, 2.05) is 26.0 Å². The summed E-state index contributed by atoms with van der Waals surface area (Å²) in [5.74, 6) is 0.467. The van der Waals surface area contributed by atoms with Gasteiger partial charge in [-0.3, -0.25) is 0 Å². The lowest BCUT2D eigenvalue weighted by Crippen LogP contribution is -2.44. The first-order valence-electron chi connectivity index (χ1n) is 13.7. The second-order valence-corrected chi connectivity index (χ2v) is 11.4. The Labute approximate surface area is 217 Å². The quantitative estimate of drug-likeness (QED) is 0.481. The zero-order valence-electron chi connectivity index (χ0n) is 22.3. The fourth-order valence-electron chi connectivity index (χ4n) is 5.65. The molecule has 0 spiro atoms. The minimum Gasteiger partial charge on any atom is -0.493 e. The van der Waals surface area contributed by atoms with Crippen LogP contribution in [0.4, 0.5) is 0 Å². The molecule has 2 saturated heterocycles. The molecule has 0 aliphatic carbocycles. The first-order valence-corrected chi connectivity index (χ1v) is 13.7. The van der Waals surface area contributed by atoms with Crippen molar-refractivity contribution in [3.63, 3.8) is 0 Å². The SMILES string of the molecule is C=CC[C@]1(O)CCC[C@H](CO)OC(=C)C[C@H](O)C[C@@H]2CCC[C@H](C[C@@H]3CCO[C@H](/C=C/C1(C)C)O3)O2. The summed E-state index contributed by atoms with van der Waals surface area (Å²) >= 11 is 0. The fourth-order valence-corrected chi connectivity index (χ4v) is 5.65. The van der Waals surface area contributed by atoms with Gasteiger partial charge in [0.1, 0.15) is 6.10 Å². The van der Waals surface area contributed by atoms with Gasteiger partial charge in [-0.25, -0.2) is 0 Å². The normalized spacial score (nSPS) is 40.0. The van der Waals surface area contributed by atoms with Gasteiger partial charge < -0.3 is 34.3 Å². The van der Waals surface area contributed by atoms with Crippen molar-refractivity contribution in [1.82, 2.24) is 0 Å². The summed E-state index contributed by atoms with van der Waals surface area (Å²) in [5, 5.41) is 32.2. The van der Waals surface area contributed by atoms with Crippen LogP contribution in [0, 0.1) is 5.41 Å². The molecule has 4 bridgehead atoms. The van der Waals surface area contributed by atoms with Crippen LogP contribution in [-0.4, -0.2) is 70.9 Å². The zero-order valence-corrected chi connectivity index (χ0v) is 22.3. The molecule has 3 aliphatic rings. The third-order valence-electron chi connectivity index (χ3n) is 8.01. The van der Waals surface area contributed by atoms with Crippen molar-refractivity contribution in [2.45, 2.75) is 127 Å². The summed E-state index contributed by atoms with van der Waals surface area (Å²) in [6, 6.07) is 0. The number of hydrogen-bond donors (Lipinski definition) is 3. The van der Waals surface area contributed by atoms with Crippen molar-refractivity contribution >= 4 is 0 Å². The summed E-state index contributed by atoms with van der Waals surface area (Å²) in [4.78, 5) is 0. The van der Waals surface area contributed by atoms with Gasteiger partial charge >= 0.3 is 0 Å². The second-order valence-electron chi connectivity index (χ2n) is 11.4. The van der Waals surface area contributed by atoms with E-state index in [2.05, 4.69) is 13.2 Å². The van der Waals surface area contributed by atoms with E-state index in [4.69, 9.17) is 18.9 Å². The predicted octanol–water partition coefficient (Wildman–Crippen LogP) is 4.55. The highest BCUT2D eigenvalue weighted by Gasteiger charge is 2.41. The lowest BCUT2D eigenvalue weighted by Gasteiger charge is -2.41. The maximum absolute atomic E-state index is 11.7. The van der Waals surface area contributed by atoms with Gasteiger partial charge in [-0.2, -0.15) is 0 Å². The van der Waals surface area contributed by atoms with Gasteiger partial charge in [0.2, 0.25) is 0 Å². The van der Waals surface area contributed by atoms with E-state index in [0.29, 0.717) is 50.9 Å². The van der Waals surface area contributed by atoms with Crippen LogP contribution < -0.4 is 0 Å². The lowest BCUT2D eigenvalue weighted by molar-refractivity contribution is -0.199. The van der Waals surface area contributed by atoms with E-state index >= 15 is 0 Å². The molecule has 0 aromatic rings. The number of aliphatic hydroxyl groups excluding tert-OH is 2. The molecule has 7 nitrogen and oxygen atoms in total. The molecule has 0 aromatic carbocycles. The minimum absolute atomic E-state index is 0.00431. The molecule has 3 rings (SSSR count). The molecule has 0 radical (unpaired) electrons. The smallest absolute Gasteiger partial charge is 0.177 e. The highest BCUT2D eigenvalue weighted by atomic mass is 16.7. The van der Waals surface area contributed by atoms with Crippen LogP contribution in [-0.2, 0) is 18.9 Å². The molecule has 7 atom stereocenters. The summed E-state index contributed by atoms with van der Waals surface area (Å²) in [6.07, 6.45) is 11.9. The van der Waals surface area contributed by atoms with Gasteiger partial charge in [-0.15, -0.1) is 6.58 Å². The molecule has 0 unspecified atom stereocenters. The average molecular weight is 509 g/mol. The minimum atomic E-state index is -1.03. The fraction of sp³-hybridized carbons (Fsp3) is 0.793. The molecule has 0 amide bonds. The lowest BCUT2D eigenvalue weighted by atomic mass is 9.70. The molecule has 206 valence electrons. The van der Waals surface area contributed by atoms with Gasteiger partial charge in [0.05, 0.1) is 49.0 Å². The largest absolute Gasteiger partial charge is 0.493 e. The number of ether oxygens (including phenoxy) is 4. The summed E-state index contributed by atoms with van der Waals surface area (Å²) in [7, 11) is 0. The Bertz CT molecular complexity index is 735. The topological polar surface area (TPSA) is 97.6 Å². The molecular formula is C29H48O7. The summed E-state index contributed by atoms with van der Waals surface area (Å²) in [6.45, 7) is 12.3. The second kappa shape index (κ2) is 13.5. The van der Waals surface area contributed by atoms with Crippen molar-refractivity contribution in [3.8, 4) is 0 Å². The summed E-state index contributed by atoms with van der Waals surface area (Å²) < 4.78 is 24.3. The highest BCUT2D eigenvalue weighted by Crippen LogP contribution is 2.40. The average Bonchev–Trinajstić information content (AvgIpc) is 2.82. The third-order valence-corrected chi connectivity index (χ3v) is 8.01. The van der Waals surface area contributed by atoms with Gasteiger partial charge in [0, 0.05) is 11.8 Å². The zero-order chi connectivity index (χ0) is 26.2. The maximum Gasteiger partial charge on any atom is 0.177 e. The van der Waals surface area contributed by atoms with E-state index in [0.717, 1.165) is 32.1 Å². The van der Waals surface area contributed by atoms with Crippen molar-refractivity contribution in [3.05, 3.63) is 37.1 Å². The molecule has 7 heteroatoms. The third kappa shape index (κ3) is 8.40. The highest BCUT2D eigenvalue weighted by molar-refractivity contribution is 5.09. The maximum atomic E-state index is 11.7. The van der Waals surface area contributed by atoms with Crippen LogP contribution in [0.1, 0.15) is 84.5 Å². The molecule has 3 N–H and O–H groups in total. The van der Waals surface area contributed by atoms with Crippen LogP contribution in [0.25, 0.3) is 0 Å². The van der Waals surface area contributed by atoms with Crippen LogP contribution in [0.5, 0.6) is 0 Å². The van der Waals surface area contributed by atoms with Gasteiger partial charge in [-0.05, 0) is 70.3 Å². The molecule has 0 aromatic heterocycles. The number of aliphatic hydroxyl groups is 3. The molecular weight excluding hydrogens is 460 g/mol. The Kier molecular flexibility index (Phi) is 11.0. The van der Waals surface area contributed by atoms with Crippen LogP contribution in [0.3, 0.4) is 0 Å². The Morgan fingerprint density at radius 3 is 2.50 bits per heavy atom. The standard InChI is InChI=1S/C29H48O7/c1-5-13-29(32)14-7-10-26(20-30)34-21(2)17-22(31)18-23-8-6-9-24(35-23)19-25-12-16-33-27(36-25)11-15-28(29,3)4/h5,11,15,22-27,30-32H,1-2,6-10,12-14,16-20H2,3-4H3/b15-11+/t22-,23-,24+,25-,26+,27-,29-/m0/s1. The molecule has 2 fully saturated rings. The first-order chi connectivity index (χ1) is 17.1.